The molecule has 1 spiro atoms. The lowest BCUT2D eigenvalue weighted by Gasteiger charge is -2.70. The van der Waals surface area contributed by atoms with E-state index in [1.165, 1.54) is 7.11 Å². The first kappa shape index (κ1) is 36.7. The third-order valence-corrected chi connectivity index (χ3v) is 14.3. The van der Waals surface area contributed by atoms with E-state index >= 15 is 0 Å². The molecule has 0 aromatic heterocycles. The van der Waals surface area contributed by atoms with Crippen LogP contribution in [0.4, 0.5) is 5.69 Å². The highest BCUT2D eigenvalue weighted by Gasteiger charge is 2.91. The number of para-hydroxylation sites is 1. The van der Waals surface area contributed by atoms with Crippen molar-refractivity contribution in [3.8, 4) is 0 Å². The quantitative estimate of drug-likeness (QED) is 0.272. The van der Waals surface area contributed by atoms with Crippen molar-refractivity contribution in [1.29, 1.82) is 0 Å². The number of methoxy groups -OCH3 is 5. The van der Waals surface area contributed by atoms with Gasteiger partial charge in [0.15, 0.2) is 0 Å². The molecule has 14 atom stereocenters. The highest BCUT2D eigenvalue weighted by Crippen LogP contribution is 2.80. The first-order chi connectivity index (χ1) is 24.4. The summed E-state index contributed by atoms with van der Waals surface area (Å²) in [7, 11) is 7.96. The van der Waals surface area contributed by atoms with Crippen molar-refractivity contribution in [3.05, 3.63) is 29.8 Å². The Kier molecular flexibility index (Phi) is 9.38. The summed E-state index contributed by atoms with van der Waals surface area (Å²) in [5.41, 5.74) is -4.08. The number of aliphatic hydroxyl groups is 2. The second-order valence-corrected chi connectivity index (χ2v) is 16.0. The zero-order valence-electron chi connectivity index (χ0n) is 30.8. The van der Waals surface area contributed by atoms with E-state index in [1.807, 2.05) is 0 Å². The SMILES string of the molecule is CCN1C[C@]2(COC(=O)c3ccccc3NC(=O)C(C)CC(=O)OC)CC[C@H](OC)[C@]34C1[C@](O)([C@@H](OC)[C@H]23)[C@@]1(O)C[C@H](OC)[C@H]2C[C@@H]4[C@@H]1[C@H]2OC. The molecule has 282 valence electrons. The normalized spacial score (nSPS) is 43.7. The van der Waals surface area contributed by atoms with Gasteiger partial charge in [-0.3, -0.25) is 14.5 Å². The van der Waals surface area contributed by atoms with Gasteiger partial charge in [0.2, 0.25) is 5.91 Å². The number of benzene rings is 1. The highest BCUT2D eigenvalue weighted by atomic mass is 16.5. The van der Waals surface area contributed by atoms with Crippen molar-refractivity contribution in [2.24, 2.45) is 40.4 Å². The van der Waals surface area contributed by atoms with Gasteiger partial charge in [-0.15, -0.1) is 0 Å². The minimum absolute atomic E-state index is 0.0399. The van der Waals surface area contributed by atoms with E-state index in [0.717, 1.165) is 6.42 Å². The average molecular weight is 715 g/mol. The van der Waals surface area contributed by atoms with Gasteiger partial charge in [0.1, 0.15) is 11.2 Å². The number of carbonyl (C=O) groups is 3. The lowest BCUT2D eigenvalue weighted by molar-refractivity contribution is -0.320. The number of esters is 2. The molecule has 2 unspecified atom stereocenters. The first-order valence-corrected chi connectivity index (χ1v) is 18.3. The molecule has 6 aliphatic rings. The molecule has 0 radical (unpaired) electrons. The highest BCUT2D eigenvalue weighted by molar-refractivity contribution is 6.02. The fourth-order valence-corrected chi connectivity index (χ4v) is 12.7. The molecule has 5 saturated carbocycles. The van der Waals surface area contributed by atoms with E-state index in [-0.39, 0.29) is 72.7 Å². The van der Waals surface area contributed by atoms with Crippen LogP contribution in [0.25, 0.3) is 0 Å². The van der Waals surface area contributed by atoms with Crippen LogP contribution in [0, 0.1) is 40.4 Å². The largest absolute Gasteiger partial charge is 0.469 e. The van der Waals surface area contributed by atoms with Crippen molar-refractivity contribution in [1.82, 2.24) is 4.90 Å². The molecule has 7 rings (SSSR count). The van der Waals surface area contributed by atoms with Gasteiger partial charge in [0.05, 0.1) is 61.8 Å². The molecule has 5 aliphatic carbocycles. The number of anilines is 1. The fraction of sp³-hybridized carbons (Fsp3) is 0.763. The Morgan fingerprint density at radius 2 is 1.78 bits per heavy atom. The number of rotatable bonds is 12. The molecule has 1 saturated heterocycles. The maximum absolute atomic E-state index is 14.0. The number of likely N-dealkylation sites (tertiary alicyclic amines) is 1. The predicted octanol–water partition coefficient (Wildman–Crippen LogP) is 2.27. The van der Waals surface area contributed by atoms with Crippen molar-refractivity contribution in [2.75, 3.05) is 60.6 Å². The Labute approximate surface area is 299 Å². The van der Waals surface area contributed by atoms with Crippen LogP contribution in [0.3, 0.4) is 0 Å². The number of nitrogens with zero attached hydrogens (tertiary/aromatic N) is 1. The van der Waals surface area contributed by atoms with Crippen molar-refractivity contribution < 1.29 is 53.0 Å². The molecule has 1 aromatic carbocycles. The van der Waals surface area contributed by atoms with Crippen LogP contribution in [-0.2, 0) is 38.0 Å². The summed E-state index contributed by atoms with van der Waals surface area (Å²) in [5, 5.41) is 29.4. The van der Waals surface area contributed by atoms with E-state index in [9.17, 15) is 24.6 Å². The summed E-state index contributed by atoms with van der Waals surface area (Å²) >= 11 is 0. The molecule has 3 N–H and O–H groups in total. The minimum atomic E-state index is -1.70. The van der Waals surface area contributed by atoms with Crippen LogP contribution in [0.5, 0.6) is 0 Å². The van der Waals surface area contributed by atoms with E-state index < -0.39 is 57.9 Å². The molecular weight excluding hydrogens is 660 g/mol. The van der Waals surface area contributed by atoms with Crippen molar-refractivity contribution in [3.63, 3.8) is 0 Å². The standard InChI is InChI=1S/C38H54N2O11/c1-8-40-18-35(19-51-33(43)21-11-9-10-12-24(21)39-32(42)20(2)15-27(41)48-5)14-13-26(47-4)37-23-16-22-25(46-3)17-36(44,28(23)29(22)49-6)38(45,34(37)40)31(50-7)30(35)37/h9-12,20,22-23,25-26,28-31,34,44-45H,8,13-19H2,1-7H3,(H,39,42)/t20?,22-,23-,25+,26+,28-,29+,30-,31+,34?,35+,36-,37+,38-/m1/s1. The number of piperidine rings is 1. The van der Waals surface area contributed by atoms with Crippen LogP contribution in [0.1, 0.15) is 56.3 Å². The summed E-state index contributed by atoms with van der Waals surface area (Å²) in [5.74, 6) is -2.92. The number of amides is 1. The number of fused-ring (bicyclic) bond motifs is 2. The molecule has 13 heteroatoms. The second kappa shape index (κ2) is 13.0. The number of likely N-dealkylation sites (N-methyl/N-ethyl adjacent to an activating group) is 1. The molecule has 13 nitrogen and oxygen atoms in total. The molecular formula is C38H54N2O11. The van der Waals surface area contributed by atoms with Crippen LogP contribution in [-0.4, -0.2) is 130 Å². The maximum Gasteiger partial charge on any atom is 0.340 e. The zero-order valence-corrected chi connectivity index (χ0v) is 30.8. The fourth-order valence-electron chi connectivity index (χ4n) is 12.7. The van der Waals surface area contributed by atoms with Crippen LogP contribution < -0.4 is 5.32 Å². The monoisotopic (exact) mass is 714 g/mol. The van der Waals surface area contributed by atoms with Crippen LogP contribution >= 0.6 is 0 Å². The first-order valence-electron chi connectivity index (χ1n) is 18.3. The number of hydrogen-bond acceptors (Lipinski definition) is 12. The summed E-state index contributed by atoms with van der Waals surface area (Å²) in [6.45, 7) is 4.86. The molecule has 1 heterocycles. The van der Waals surface area contributed by atoms with Crippen LogP contribution in [0.2, 0.25) is 0 Å². The van der Waals surface area contributed by atoms with Gasteiger partial charge in [-0.2, -0.15) is 0 Å². The Hall–Kier alpha value is -2.65. The van der Waals surface area contributed by atoms with Gasteiger partial charge in [0.25, 0.3) is 0 Å². The Bertz CT molecular complexity index is 1540. The lowest BCUT2D eigenvalue weighted by Crippen LogP contribution is -2.82. The second-order valence-electron chi connectivity index (χ2n) is 16.0. The average Bonchev–Trinajstić information content (AvgIpc) is 3.55. The summed E-state index contributed by atoms with van der Waals surface area (Å²) < 4.78 is 36.1. The molecule has 7 bridgehead atoms. The summed E-state index contributed by atoms with van der Waals surface area (Å²) in [4.78, 5) is 41.1. The molecule has 51 heavy (non-hydrogen) atoms. The van der Waals surface area contributed by atoms with Gasteiger partial charge in [-0.25, -0.2) is 4.79 Å². The number of carbonyl (C=O) groups excluding carboxylic acids is 3. The Morgan fingerprint density at radius 1 is 1.04 bits per heavy atom. The molecule has 1 aliphatic heterocycles. The Balaban J connectivity index is 1.27. The Morgan fingerprint density at radius 3 is 2.43 bits per heavy atom. The van der Waals surface area contributed by atoms with Gasteiger partial charge in [0, 0.05) is 75.9 Å². The van der Waals surface area contributed by atoms with Gasteiger partial charge >= 0.3 is 11.9 Å². The number of ether oxygens (including phenoxy) is 6. The van der Waals surface area contributed by atoms with E-state index in [4.69, 9.17) is 28.4 Å². The summed E-state index contributed by atoms with van der Waals surface area (Å²) in [6.07, 6.45) is 0.611. The molecule has 1 amide bonds. The number of nitrogens with one attached hydrogen (secondary N) is 1. The van der Waals surface area contributed by atoms with E-state index in [0.29, 0.717) is 25.9 Å². The third kappa shape index (κ3) is 4.74. The minimum Gasteiger partial charge on any atom is -0.469 e. The van der Waals surface area contributed by atoms with E-state index in [2.05, 4.69) is 17.1 Å². The molecule has 1 aromatic rings. The third-order valence-electron chi connectivity index (χ3n) is 14.3. The topological polar surface area (TPSA) is 162 Å². The van der Waals surface area contributed by atoms with Gasteiger partial charge in [-0.1, -0.05) is 26.0 Å². The van der Waals surface area contributed by atoms with Crippen molar-refractivity contribution in [2.45, 2.75) is 87.6 Å². The smallest absolute Gasteiger partial charge is 0.340 e. The zero-order chi connectivity index (χ0) is 36.7. The lowest BCUT2D eigenvalue weighted by atomic mass is 9.42. The predicted molar refractivity (Wildman–Crippen MR) is 183 cm³/mol. The van der Waals surface area contributed by atoms with Crippen molar-refractivity contribution >= 4 is 23.5 Å². The summed E-state index contributed by atoms with van der Waals surface area (Å²) in [6, 6.07) is 6.19. The van der Waals surface area contributed by atoms with Gasteiger partial charge < -0.3 is 44.0 Å². The van der Waals surface area contributed by atoms with E-state index in [1.54, 1.807) is 59.6 Å². The molecule has 6 fully saturated rings. The maximum atomic E-state index is 14.0. The van der Waals surface area contributed by atoms with Crippen LogP contribution in [0.15, 0.2) is 24.3 Å². The van der Waals surface area contributed by atoms with Gasteiger partial charge in [-0.05, 0) is 43.9 Å². The number of hydrogen-bond donors (Lipinski definition) is 3.